The van der Waals surface area contributed by atoms with Crippen molar-refractivity contribution < 1.29 is 19.0 Å². The highest BCUT2D eigenvalue weighted by atomic mass is 79.9. The van der Waals surface area contributed by atoms with Crippen molar-refractivity contribution in [3.63, 3.8) is 0 Å². The number of ether oxygens (including phenoxy) is 3. The zero-order chi connectivity index (χ0) is 18.7. The van der Waals surface area contributed by atoms with E-state index >= 15 is 0 Å². The van der Waals surface area contributed by atoms with Crippen LogP contribution < -0.4 is 20.1 Å². The Morgan fingerprint density at radius 3 is 2.44 bits per heavy atom. The fourth-order valence-electron chi connectivity index (χ4n) is 2.58. The van der Waals surface area contributed by atoms with Crippen LogP contribution in [0.1, 0.15) is 32.4 Å². The fourth-order valence-corrected chi connectivity index (χ4v) is 3.38. The number of hydrogen-bond donors (Lipinski definition) is 2. The second kappa shape index (κ2) is 8.05. The molecule has 6 nitrogen and oxygen atoms in total. The largest absolute Gasteiger partial charge is 0.496 e. The van der Waals surface area contributed by atoms with Gasteiger partial charge >= 0.3 is 5.97 Å². The molecule has 0 radical (unpaired) electrons. The maximum absolute atomic E-state index is 12.6. The predicted molar refractivity (Wildman–Crippen MR) is 103 cm³/mol. The van der Waals surface area contributed by atoms with Gasteiger partial charge in [0, 0.05) is 17.3 Å². The highest BCUT2D eigenvalue weighted by molar-refractivity contribution is 9.10. The van der Waals surface area contributed by atoms with Gasteiger partial charge in [-0.3, -0.25) is 0 Å². The molecular formula is C17H21BrN2O4S. The van der Waals surface area contributed by atoms with E-state index in [1.54, 1.807) is 27.2 Å². The van der Waals surface area contributed by atoms with Crippen molar-refractivity contribution >= 4 is 39.2 Å². The van der Waals surface area contributed by atoms with Gasteiger partial charge in [-0.2, -0.15) is 0 Å². The van der Waals surface area contributed by atoms with E-state index in [2.05, 4.69) is 26.6 Å². The Bertz CT molecular complexity index is 734. The van der Waals surface area contributed by atoms with Crippen LogP contribution in [0.25, 0.3) is 0 Å². The van der Waals surface area contributed by atoms with Gasteiger partial charge in [0.2, 0.25) is 0 Å². The molecule has 0 bridgehead atoms. The fraction of sp³-hybridized carbons (Fsp3) is 0.412. The molecule has 8 heteroatoms. The smallest absolute Gasteiger partial charge is 0.338 e. The van der Waals surface area contributed by atoms with E-state index in [9.17, 15) is 4.79 Å². The number of carbonyl (C=O) groups excluding carboxylic acids is 1. The summed E-state index contributed by atoms with van der Waals surface area (Å²) in [7, 11) is 3.14. The predicted octanol–water partition coefficient (Wildman–Crippen LogP) is 3.21. The van der Waals surface area contributed by atoms with Crippen LogP contribution in [-0.4, -0.2) is 31.4 Å². The molecule has 0 amide bonds. The van der Waals surface area contributed by atoms with Crippen molar-refractivity contribution in [1.82, 2.24) is 10.6 Å². The minimum absolute atomic E-state index is 0.230. The molecule has 0 spiro atoms. The number of benzene rings is 1. The van der Waals surface area contributed by atoms with Gasteiger partial charge in [0.1, 0.15) is 11.5 Å². The van der Waals surface area contributed by atoms with Gasteiger partial charge in [0.15, 0.2) is 5.11 Å². The second-order valence-electron chi connectivity index (χ2n) is 5.75. The molecule has 25 heavy (non-hydrogen) atoms. The molecular weight excluding hydrogens is 408 g/mol. The van der Waals surface area contributed by atoms with Crippen LogP contribution in [0.3, 0.4) is 0 Å². The summed E-state index contributed by atoms with van der Waals surface area (Å²) in [4.78, 5) is 12.6. The lowest BCUT2D eigenvalue weighted by Crippen LogP contribution is -2.45. The first kappa shape index (κ1) is 19.5. The Hall–Kier alpha value is -1.80. The Morgan fingerprint density at radius 1 is 1.24 bits per heavy atom. The number of hydrogen-bond acceptors (Lipinski definition) is 5. The molecule has 0 unspecified atom stereocenters. The molecule has 1 aliphatic heterocycles. The molecule has 0 fully saturated rings. The Balaban J connectivity index is 2.57. The third-order valence-electron chi connectivity index (χ3n) is 3.65. The first-order valence-corrected chi connectivity index (χ1v) is 8.89. The summed E-state index contributed by atoms with van der Waals surface area (Å²) >= 11 is 8.74. The Kier molecular flexibility index (Phi) is 6.29. The average Bonchev–Trinajstić information content (AvgIpc) is 2.52. The van der Waals surface area contributed by atoms with Crippen molar-refractivity contribution in [3.05, 3.63) is 33.4 Å². The lowest BCUT2D eigenvalue weighted by molar-refractivity contribution is -0.143. The van der Waals surface area contributed by atoms with Crippen molar-refractivity contribution in [2.24, 2.45) is 0 Å². The first-order valence-electron chi connectivity index (χ1n) is 7.69. The van der Waals surface area contributed by atoms with E-state index in [1.165, 1.54) is 0 Å². The van der Waals surface area contributed by atoms with Crippen LogP contribution in [0, 0.1) is 0 Å². The highest BCUT2D eigenvalue weighted by Gasteiger charge is 2.33. The molecule has 1 atom stereocenters. The van der Waals surface area contributed by atoms with Crippen molar-refractivity contribution in [3.8, 4) is 11.5 Å². The average molecular weight is 429 g/mol. The third kappa shape index (κ3) is 4.24. The summed E-state index contributed by atoms with van der Waals surface area (Å²) in [5.41, 5.74) is 1.85. The van der Waals surface area contributed by atoms with Crippen LogP contribution in [-0.2, 0) is 9.53 Å². The summed E-state index contributed by atoms with van der Waals surface area (Å²) < 4.78 is 16.9. The Labute approximate surface area is 161 Å². The van der Waals surface area contributed by atoms with Gasteiger partial charge in [-0.1, -0.05) is 0 Å². The van der Waals surface area contributed by atoms with Crippen LogP contribution in [0.4, 0.5) is 0 Å². The minimum Gasteiger partial charge on any atom is -0.496 e. The van der Waals surface area contributed by atoms with Crippen molar-refractivity contribution in [1.29, 1.82) is 0 Å². The number of methoxy groups -OCH3 is 2. The molecule has 0 saturated carbocycles. The number of thiocarbonyl (C=S) groups is 1. The van der Waals surface area contributed by atoms with E-state index in [0.717, 1.165) is 10.0 Å². The SMILES string of the molecule is COc1cc(OC)c([C@@H]2NC(=S)NC(C)=C2C(=O)OC(C)C)cc1Br. The van der Waals surface area contributed by atoms with Gasteiger partial charge in [0.05, 0.1) is 36.4 Å². The zero-order valence-corrected chi connectivity index (χ0v) is 17.1. The zero-order valence-electron chi connectivity index (χ0n) is 14.7. The summed E-state index contributed by atoms with van der Waals surface area (Å²) in [6, 6.07) is 3.10. The van der Waals surface area contributed by atoms with Crippen molar-refractivity contribution in [2.45, 2.75) is 32.9 Å². The second-order valence-corrected chi connectivity index (χ2v) is 7.02. The van der Waals surface area contributed by atoms with E-state index in [0.29, 0.717) is 27.9 Å². The van der Waals surface area contributed by atoms with Crippen LogP contribution >= 0.6 is 28.1 Å². The van der Waals surface area contributed by atoms with E-state index in [4.69, 9.17) is 26.4 Å². The number of halogens is 1. The molecule has 1 aromatic rings. The van der Waals surface area contributed by atoms with E-state index in [-0.39, 0.29) is 6.10 Å². The minimum atomic E-state index is -0.503. The summed E-state index contributed by atoms with van der Waals surface area (Å²) in [5, 5.41) is 6.53. The molecule has 1 heterocycles. The van der Waals surface area contributed by atoms with Gasteiger partial charge in [0.25, 0.3) is 0 Å². The van der Waals surface area contributed by atoms with Gasteiger partial charge in [-0.05, 0) is 55.0 Å². The maximum atomic E-state index is 12.6. The normalized spacial score (nSPS) is 17.1. The van der Waals surface area contributed by atoms with E-state index < -0.39 is 12.0 Å². The number of nitrogens with one attached hydrogen (secondary N) is 2. The summed E-state index contributed by atoms with van der Waals surface area (Å²) in [5.74, 6) is 0.794. The molecule has 0 aromatic heterocycles. The lowest BCUT2D eigenvalue weighted by Gasteiger charge is -2.31. The monoisotopic (exact) mass is 428 g/mol. The van der Waals surface area contributed by atoms with Gasteiger partial charge in [-0.15, -0.1) is 0 Å². The molecule has 0 saturated heterocycles. The molecule has 1 aliphatic rings. The quantitative estimate of drug-likeness (QED) is 0.550. The van der Waals surface area contributed by atoms with Crippen LogP contribution in [0.5, 0.6) is 11.5 Å². The molecule has 0 aliphatic carbocycles. The molecule has 1 aromatic carbocycles. The van der Waals surface area contributed by atoms with E-state index in [1.807, 2.05) is 19.9 Å². The highest BCUT2D eigenvalue weighted by Crippen LogP contribution is 2.39. The number of allylic oxidation sites excluding steroid dienone is 1. The first-order chi connectivity index (χ1) is 11.8. The summed E-state index contributed by atoms with van der Waals surface area (Å²) in [6.45, 7) is 5.41. The third-order valence-corrected chi connectivity index (χ3v) is 4.49. The van der Waals surface area contributed by atoms with Crippen molar-refractivity contribution in [2.75, 3.05) is 14.2 Å². The number of carbonyl (C=O) groups is 1. The molecule has 2 N–H and O–H groups in total. The Morgan fingerprint density at radius 2 is 1.88 bits per heavy atom. The standard InChI is InChI=1S/C17H21BrN2O4S/c1-8(2)24-16(21)14-9(3)19-17(25)20-15(14)10-6-11(18)13(23-5)7-12(10)22-4/h6-8,15H,1-5H3,(H2,19,20,25)/t15-/m0/s1. The molecule has 136 valence electrons. The van der Waals surface area contributed by atoms with Crippen LogP contribution in [0.2, 0.25) is 0 Å². The maximum Gasteiger partial charge on any atom is 0.338 e. The van der Waals surface area contributed by atoms with Gasteiger partial charge < -0.3 is 24.8 Å². The van der Waals surface area contributed by atoms with Crippen LogP contribution in [0.15, 0.2) is 27.9 Å². The number of esters is 1. The number of rotatable bonds is 5. The molecule has 2 rings (SSSR count). The topological polar surface area (TPSA) is 68.8 Å². The summed E-state index contributed by atoms with van der Waals surface area (Å²) in [6.07, 6.45) is -0.230. The lowest BCUT2D eigenvalue weighted by atomic mass is 9.94. The van der Waals surface area contributed by atoms with Gasteiger partial charge in [-0.25, -0.2) is 4.79 Å².